The van der Waals surface area contributed by atoms with Crippen LogP contribution in [0.25, 0.3) is 0 Å². The van der Waals surface area contributed by atoms with E-state index in [0.717, 1.165) is 51.1 Å². The average Bonchev–Trinajstić information content (AvgIpc) is 2.85. The molecule has 0 unspecified atom stereocenters. The third-order valence-electron chi connectivity index (χ3n) is 5.74. The van der Waals surface area contributed by atoms with Gasteiger partial charge >= 0.3 is 6.18 Å². The topological polar surface area (TPSA) is 59.1 Å². The number of aromatic nitrogens is 2. The Morgan fingerprint density at radius 1 is 0.833 bits per heavy atom. The number of anilines is 4. The largest absolute Gasteiger partial charge is 0.494 e. The molecule has 1 aromatic heterocycles. The molecule has 1 heterocycles. The van der Waals surface area contributed by atoms with Gasteiger partial charge in [-0.25, -0.2) is 4.98 Å². The predicted molar refractivity (Wildman–Crippen MR) is 139 cm³/mol. The van der Waals surface area contributed by atoms with Crippen molar-refractivity contribution in [2.24, 2.45) is 0 Å². The molecule has 0 aliphatic carbocycles. The Balaban J connectivity index is 1.72. The average molecular weight is 501 g/mol. The maximum Gasteiger partial charge on any atom is 0.421 e. The normalized spacial score (nSPS) is 11.4. The molecule has 0 amide bonds. The fourth-order valence-corrected chi connectivity index (χ4v) is 3.73. The van der Waals surface area contributed by atoms with Crippen LogP contribution in [0.15, 0.2) is 54.7 Å². The van der Waals surface area contributed by atoms with Crippen LogP contribution in [-0.2, 0) is 12.6 Å². The Hall–Kier alpha value is -3.29. The van der Waals surface area contributed by atoms with Crippen molar-refractivity contribution in [3.05, 3.63) is 65.9 Å². The Kier molecular flexibility index (Phi) is 10.4. The van der Waals surface area contributed by atoms with Gasteiger partial charge in [0, 0.05) is 23.6 Å². The van der Waals surface area contributed by atoms with Crippen molar-refractivity contribution >= 4 is 23.1 Å². The summed E-state index contributed by atoms with van der Waals surface area (Å²) < 4.78 is 46.8. The van der Waals surface area contributed by atoms with Gasteiger partial charge in [0.25, 0.3) is 0 Å². The zero-order chi connectivity index (χ0) is 25.8. The first-order valence-electron chi connectivity index (χ1n) is 12.7. The quantitative estimate of drug-likeness (QED) is 0.217. The number of halogens is 3. The minimum Gasteiger partial charge on any atom is -0.494 e. The molecule has 0 spiro atoms. The highest BCUT2D eigenvalue weighted by atomic mass is 19.4. The molecule has 0 aliphatic rings. The van der Waals surface area contributed by atoms with Crippen LogP contribution in [0.5, 0.6) is 5.75 Å². The molecular weight excluding hydrogens is 465 g/mol. The first-order chi connectivity index (χ1) is 17.4. The number of ether oxygens (including phenoxy) is 1. The molecule has 0 fully saturated rings. The molecule has 0 radical (unpaired) electrons. The van der Waals surface area contributed by atoms with Gasteiger partial charge in [0.2, 0.25) is 5.95 Å². The smallest absolute Gasteiger partial charge is 0.421 e. The van der Waals surface area contributed by atoms with Crippen LogP contribution in [-0.4, -0.2) is 16.6 Å². The van der Waals surface area contributed by atoms with Gasteiger partial charge in [0.15, 0.2) is 0 Å². The molecule has 0 saturated carbocycles. The lowest BCUT2D eigenvalue weighted by atomic mass is 10.1. The summed E-state index contributed by atoms with van der Waals surface area (Å²) in [4.78, 5) is 8.05. The van der Waals surface area contributed by atoms with Gasteiger partial charge in [-0.3, -0.25) is 0 Å². The van der Waals surface area contributed by atoms with Gasteiger partial charge in [-0.15, -0.1) is 0 Å². The van der Waals surface area contributed by atoms with E-state index in [0.29, 0.717) is 23.7 Å². The van der Waals surface area contributed by atoms with E-state index < -0.39 is 11.7 Å². The zero-order valence-electron chi connectivity index (χ0n) is 21.0. The number of hydrogen-bond acceptors (Lipinski definition) is 5. The minimum absolute atomic E-state index is 0.0764. The summed E-state index contributed by atoms with van der Waals surface area (Å²) in [7, 11) is 0. The number of unbranched alkanes of at least 4 members (excludes halogenated alkanes) is 5. The Bertz CT molecular complexity index is 1070. The third kappa shape index (κ3) is 8.73. The highest BCUT2D eigenvalue weighted by molar-refractivity contribution is 5.64. The van der Waals surface area contributed by atoms with E-state index in [2.05, 4.69) is 34.4 Å². The van der Waals surface area contributed by atoms with Crippen LogP contribution >= 0.6 is 0 Å². The second kappa shape index (κ2) is 13.7. The molecule has 0 bridgehead atoms. The minimum atomic E-state index is -4.60. The van der Waals surface area contributed by atoms with Gasteiger partial charge in [0.05, 0.1) is 6.61 Å². The third-order valence-corrected chi connectivity index (χ3v) is 5.74. The Labute approximate surface area is 211 Å². The molecular formula is C28H35F3N4O. The van der Waals surface area contributed by atoms with Crippen LogP contribution in [0.4, 0.5) is 36.3 Å². The van der Waals surface area contributed by atoms with E-state index >= 15 is 0 Å². The van der Waals surface area contributed by atoms with Crippen molar-refractivity contribution in [2.75, 3.05) is 17.2 Å². The highest BCUT2D eigenvalue weighted by Crippen LogP contribution is 2.35. The maximum atomic E-state index is 13.7. The molecule has 5 nitrogen and oxygen atoms in total. The SMILES string of the molecule is CCCCCCOc1cccc(Nc2nc(Nc3ccc(CCCCC)cc3)ncc2C(F)(F)F)c1. The molecule has 8 heteroatoms. The van der Waals surface area contributed by atoms with Gasteiger partial charge in [-0.1, -0.05) is 64.2 Å². The second-order valence-electron chi connectivity index (χ2n) is 8.79. The van der Waals surface area contributed by atoms with Crippen molar-refractivity contribution in [3.8, 4) is 5.75 Å². The van der Waals surface area contributed by atoms with Crippen molar-refractivity contribution in [1.82, 2.24) is 9.97 Å². The summed E-state index contributed by atoms with van der Waals surface area (Å²) >= 11 is 0. The molecule has 0 saturated heterocycles. The van der Waals surface area contributed by atoms with E-state index in [-0.39, 0.29) is 11.8 Å². The number of rotatable bonds is 14. The standard InChI is InChI=1S/C28H35F3N4O/c1-3-5-7-9-18-36-24-13-10-12-23(19-24)33-26-25(28(29,30)31)20-32-27(35-26)34-22-16-14-21(15-17-22)11-8-6-4-2/h10,12-17,19-20H,3-9,11,18H2,1-2H3,(H2,32,33,34,35). The fraction of sp³-hybridized carbons (Fsp3) is 0.429. The van der Waals surface area contributed by atoms with Gasteiger partial charge in [0.1, 0.15) is 17.1 Å². The van der Waals surface area contributed by atoms with Crippen LogP contribution in [0.2, 0.25) is 0 Å². The number of alkyl halides is 3. The van der Waals surface area contributed by atoms with E-state index in [9.17, 15) is 13.2 Å². The maximum absolute atomic E-state index is 13.7. The number of benzene rings is 2. The summed E-state index contributed by atoms with van der Waals surface area (Å²) in [5.41, 5.74) is 1.44. The summed E-state index contributed by atoms with van der Waals surface area (Å²) in [5.74, 6) is 0.348. The molecule has 0 atom stereocenters. The van der Waals surface area contributed by atoms with E-state index in [4.69, 9.17) is 4.74 Å². The molecule has 194 valence electrons. The number of hydrogen-bond donors (Lipinski definition) is 2. The summed E-state index contributed by atoms with van der Waals surface area (Å²) in [6.07, 6.45) is 4.98. The highest BCUT2D eigenvalue weighted by Gasteiger charge is 2.35. The first-order valence-corrected chi connectivity index (χ1v) is 12.7. The number of aryl methyl sites for hydroxylation is 1. The monoisotopic (exact) mass is 500 g/mol. The Morgan fingerprint density at radius 2 is 1.58 bits per heavy atom. The lowest BCUT2D eigenvalue weighted by molar-refractivity contribution is -0.137. The lowest BCUT2D eigenvalue weighted by Gasteiger charge is -2.15. The number of nitrogens with one attached hydrogen (secondary N) is 2. The molecule has 2 aromatic carbocycles. The van der Waals surface area contributed by atoms with Gasteiger partial charge in [-0.2, -0.15) is 18.2 Å². The van der Waals surface area contributed by atoms with Gasteiger partial charge < -0.3 is 15.4 Å². The van der Waals surface area contributed by atoms with Crippen molar-refractivity contribution in [1.29, 1.82) is 0 Å². The summed E-state index contributed by atoms with van der Waals surface area (Å²) in [5, 5.41) is 5.81. The summed E-state index contributed by atoms with van der Waals surface area (Å²) in [6.45, 7) is 4.88. The van der Waals surface area contributed by atoms with Crippen LogP contribution in [0.1, 0.15) is 69.9 Å². The van der Waals surface area contributed by atoms with E-state index in [1.807, 2.05) is 24.3 Å². The molecule has 0 aliphatic heterocycles. The molecule has 2 N–H and O–H groups in total. The lowest BCUT2D eigenvalue weighted by Crippen LogP contribution is -2.12. The zero-order valence-corrected chi connectivity index (χ0v) is 21.0. The van der Waals surface area contributed by atoms with Gasteiger partial charge in [-0.05, 0) is 49.1 Å². The van der Waals surface area contributed by atoms with Crippen molar-refractivity contribution < 1.29 is 17.9 Å². The molecule has 36 heavy (non-hydrogen) atoms. The first kappa shape index (κ1) is 27.3. The van der Waals surface area contributed by atoms with Crippen LogP contribution in [0, 0.1) is 0 Å². The Morgan fingerprint density at radius 3 is 2.31 bits per heavy atom. The van der Waals surface area contributed by atoms with E-state index in [1.165, 1.54) is 12.0 Å². The predicted octanol–water partition coefficient (Wildman–Crippen LogP) is 8.67. The number of nitrogens with zero attached hydrogens (tertiary/aromatic N) is 2. The van der Waals surface area contributed by atoms with Crippen LogP contribution in [0.3, 0.4) is 0 Å². The van der Waals surface area contributed by atoms with Crippen molar-refractivity contribution in [2.45, 2.75) is 71.4 Å². The fourth-order valence-electron chi connectivity index (χ4n) is 3.73. The van der Waals surface area contributed by atoms with E-state index in [1.54, 1.807) is 24.3 Å². The second-order valence-corrected chi connectivity index (χ2v) is 8.79. The van der Waals surface area contributed by atoms with Crippen LogP contribution < -0.4 is 15.4 Å². The summed E-state index contributed by atoms with van der Waals surface area (Å²) in [6, 6.07) is 14.7. The molecule has 3 aromatic rings. The molecule has 3 rings (SSSR count). The van der Waals surface area contributed by atoms with Crippen molar-refractivity contribution in [3.63, 3.8) is 0 Å².